The van der Waals surface area contributed by atoms with Crippen molar-refractivity contribution in [2.24, 2.45) is 0 Å². The first kappa shape index (κ1) is 28.4. The van der Waals surface area contributed by atoms with Crippen molar-refractivity contribution in [3.8, 4) is 17.2 Å². The molecule has 5 rings (SSSR count). The van der Waals surface area contributed by atoms with Crippen LogP contribution in [0.4, 0.5) is 10.5 Å². The van der Waals surface area contributed by atoms with Crippen LogP contribution in [0, 0.1) is 6.92 Å². The molecule has 2 saturated heterocycles. The van der Waals surface area contributed by atoms with Gasteiger partial charge in [0.25, 0.3) is 0 Å². The number of carbonyl (C=O) groups excluding carboxylic acids is 1. The number of rotatable bonds is 7. The number of nitrogens with zero attached hydrogens (tertiary/aromatic N) is 2. The van der Waals surface area contributed by atoms with Crippen molar-refractivity contribution >= 4 is 37.7 Å². The number of urea groups is 1. The summed E-state index contributed by atoms with van der Waals surface area (Å²) in [5.41, 5.74) is 2.45. The van der Waals surface area contributed by atoms with Gasteiger partial charge in [-0.05, 0) is 86.2 Å². The fraction of sp³-hybridized carbons (Fsp3) is 0.367. The number of amides is 2. The maximum absolute atomic E-state index is 13.7. The molecule has 2 aliphatic heterocycles. The highest BCUT2D eigenvalue weighted by Gasteiger charge is 2.32. The van der Waals surface area contributed by atoms with Crippen LogP contribution in [0.25, 0.3) is 0 Å². The van der Waals surface area contributed by atoms with Crippen molar-refractivity contribution in [3.05, 3.63) is 76.3 Å². The molecule has 3 aromatic carbocycles. The second-order valence-corrected chi connectivity index (χ2v) is 13.1. The fourth-order valence-electron chi connectivity index (χ4n) is 5.43. The summed E-state index contributed by atoms with van der Waals surface area (Å²) in [4.78, 5) is 15.7. The van der Waals surface area contributed by atoms with Gasteiger partial charge >= 0.3 is 6.03 Å². The predicted octanol–water partition coefficient (Wildman–Crippen LogP) is 7.10. The third-order valence-corrected chi connectivity index (χ3v) is 9.75. The van der Waals surface area contributed by atoms with Crippen LogP contribution in [0.15, 0.2) is 70.0 Å². The van der Waals surface area contributed by atoms with E-state index in [1.165, 1.54) is 16.4 Å². The lowest BCUT2D eigenvalue weighted by atomic mass is 10.0. The molecule has 40 heavy (non-hydrogen) atoms. The van der Waals surface area contributed by atoms with Gasteiger partial charge in [0.2, 0.25) is 10.0 Å². The molecule has 1 unspecified atom stereocenters. The van der Waals surface area contributed by atoms with Crippen molar-refractivity contribution in [2.75, 3.05) is 32.1 Å². The van der Waals surface area contributed by atoms with E-state index in [-0.39, 0.29) is 22.7 Å². The number of hydrogen-bond acceptors (Lipinski definition) is 5. The highest BCUT2D eigenvalue weighted by molar-refractivity contribution is 9.10. The molecule has 0 radical (unpaired) electrons. The van der Waals surface area contributed by atoms with Crippen LogP contribution in [0.3, 0.4) is 0 Å². The van der Waals surface area contributed by atoms with Crippen LogP contribution >= 0.6 is 15.9 Å². The SMILES string of the molecule is COc1ccccc1Oc1ccc(S(=O)(=O)N2CCCCC2)cc1NC(=O)N1CCCC1c1cc(C)cc(Br)c1. The average Bonchev–Trinajstić information content (AvgIpc) is 3.45. The van der Waals surface area contributed by atoms with Gasteiger partial charge in [-0.15, -0.1) is 0 Å². The van der Waals surface area contributed by atoms with Crippen LogP contribution in [-0.4, -0.2) is 50.4 Å². The summed E-state index contributed by atoms with van der Waals surface area (Å²) in [5, 5.41) is 2.98. The summed E-state index contributed by atoms with van der Waals surface area (Å²) < 4.78 is 41.1. The van der Waals surface area contributed by atoms with Gasteiger partial charge in [0.05, 0.1) is 23.7 Å². The largest absolute Gasteiger partial charge is 0.493 e. The number of halogens is 1. The van der Waals surface area contributed by atoms with E-state index in [9.17, 15) is 13.2 Å². The molecule has 2 fully saturated rings. The number of anilines is 1. The number of methoxy groups -OCH3 is 1. The smallest absolute Gasteiger partial charge is 0.322 e. The number of aryl methyl sites for hydroxylation is 1. The van der Waals surface area contributed by atoms with Crippen LogP contribution < -0.4 is 14.8 Å². The van der Waals surface area contributed by atoms with E-state index in [1.807, 2.05) is 31.2 Å². The molecule has 3 aromatic rings. The molecule has 0 bridgehead atoms. The summed E-state index contributed by atoms with van der Waals surface area (Å²) >= 11 is 3.58. The summed E-state index contributed by atoms with van der Waals surface area (Å²) in [7, 11) is -2.17. The first-order chi connectivity index (χ1) is 19.3. The normalized spacial score (nSPS) is 18.0. The molecular weight excluding hydrogens is 594 g/mol. The first-order valence-corrected chi connectivity index (χ1v) is 15.8. The van der Waals surface area contributed by atoms with Crippen LogP contribution in [-0.2, 0) is 10.0 Å². The lowest BCUT2D eigenvalue weighted by molar-refractivity contribution is 0.207. The molecule has 2 aliphatic rings. The number of sulfonamides is 1. The van der Waals surface area contributed by atoms with Gasteiger partial charge in [-0.1, -0.05) is 40.5 Å². The first-order valence-electron chi connectivity index (χ1n) is 13.6. The molecular formula is C30H34BrN3O5S. The quantitative estimate of drug-likeness (QED) is 0.302. The number of nitrogens with one attached hydrogen (secondary N) is 1. The topological polar surface area (TPSA) is 88.2 Å². The van der Waals surface area contributed by atoms with Crippen LogP contribution in [0.5, 0.6) is 17.2 Å². The van der Waals surface area contributed by atoms with E-state index >= 15 is 0 Å². The van der Waals surface area contributed by atoms with E-state index in [0.717, 1.165) is 47.7 Å². The molecule has 2 heterocycles. The lowest BCUT2D eigenvalue weighted by Crippen LogP contribution is -2.36. The molecule has 212 valence electrons. The minimum atomic E-state index is -3.72. The van der Waals surface area contributed by atoms with Crippen LogP contribution in [0.1, 0.15) is 49.3 Å². The van der Waals surface area contributed by atoms with Gasteiger partial charge in [0, 0.05) is 24.1 Å². The van der Waals surface area contributed by atoms with Crippen molar-refractivity contribution in [3.63, 3.8) is 0 Å². The Morgan fingerprint density at radius 1 is 0.925 bits per heavy atom. The minimum Gasteiger partial charge on any atom is -0.493 e. The molecule has 8 nitrogen and oxygen atoms in total. The number of benzene rings is 3. The highest BCUT2D eigenvalue weighted by Crippen LogP contribution is 2.39. The molecule has 10 heteroatoms. The van der Waals surface area contributed by atoms with E-state index in [4.69, 9.17) is 9.47 Å². The number of piperidine rings is 1. The lowest BCUT2D eigenvalue weighted by Gasteiger charge is -2.27. The molecule has 0 spiro atoms. The van der Waals surface area contributed by atoms with Crippen LogP contribution in [0.2, 0.25) is 0 Å². The Labute approximate surface area is 244 Å². The van der Waals surface area contributed by atoms with Crippen molar-refractivity contribution in [2.45, 2.75) is 50.0 Å². The second kappa shape index (κ2) is 12.2. The summed E-state index contributed by atoms with van der Waals surface area (Å²) in [6.07, 6.45) is 4.41. The van der Waals surface area contributed by atoms with Crippen molar-refractivity contribution in [1.29, 1.82) is 0 Å². The van der Waals surface area contributed by atoms with Gasteiger partial charge in [0.15, 0.2) is 17.2 Å². The number of carbonyl (C=O) groups is 1. The van der Waals surface area contributed by atoms with Crippen molar-refractivity contribution < 1.29 is 22.7 Å². The number of para-hydroxylation sites is 2. The summed E-state index contributed by atoms with van der Waals surface area (Å²) in [6, 6.07) is 17.6. The monoisotopic (exact) mass is 627 g/mol. The minimum absolute atomic E-state index is 0.0879. The van der Waals surface area contributed by atoms with Gasteiger partial charge in [-0.3, -0.25) is 0 Å². The maximum atomic E-state index is 13.7. The second-order valence-electron chi connectivity index (χ2n) is 10.2. The Bertz CT molecular complexity index is 1470. The van der Waals surface area contributed by atoms with Gasteiger partial charge < -0.3 is 19.7 Å². The number of likely N-dealkylation sites (tertiary alicyclic amines) is 1. The third kappa shape index (κ3) is 6.14. The Kier molecular flexibility index (Phi) is 8.68. The molecule has 1 N–H and O–H groups in total. The third-order valence-electron chi connectivity index (χ3n) is 7.40. The predicted molar refractivity (Wildman–Crippen MR) is 159 cm³/mol. The molecule has 2 amide bonds. The Hall–Kier alpha value is -3.08. The Balaban J connectivity index is 1.48. The van der Waals surface area contributed by atoms with Gasteiger partial charge in [-0.25, -0.2) is 13.2 Å². The molecule has 0 aliphatic carbocycles. The molecule has 1 atom stereocenters. The zero-order valence-electron chi connectivity index (χ0n) is 22.7. The number of ether oxygens (including phenoxy) is 2. The standard InChI is InChI=1S/C30H34BrN3O5S/c1-21-17-22(19-23(31)18-21)26-9-8-16-34(26)30(35)32-25-20-24(40(36,37)33-14-6-3-7-15-33)12-13-27(25)39-29-11-5-4-10-28(29)38-2/h4-5,10-13,17-20,26H,3,6-9,14-16H2,1-2H3,(H,32,35). The van der Waals surface area contributed by atoms with Gasteiger partial charge in [-0.2, -0.15) is 4.31 Å². The fourth-order valence-corrected chi connectivity index (χ4v) is 7.60. The average molecular weight is 629 g/mol. The molecule has 0 saturated carbocycles. The van der Waals surface area contributed by atoms with E-state index in [1.54, 1.807) is 30.2 Å². The Morgan fingerprint density at radius 2 is 1.68 bits per heavy atom. The summed E-state index contributed by atoms with van der Waals surface area (Å²) in [5.74, 6) is 1.30. The molecule has 0 aromatic heterocycles. The van der Waals surface area contributed by atoms with E-state index < -0.39 is 10.0 Å². The maximum Gasteiger partial charge on any atom is 0.322 e. The number of hydrogen-bond donors (Lipinski definition) is 1. The zero-order valence-corrected chi connectivity index (χ0v) is 25.1. The van der Waals surface area contributed by atoms with E-state index in [2.05, 4.69) is 27.3 Å². The van der Waals surface area contributed by atoms with Crippen molar-refractivity contribution in [1.82, 2.24) is 9.21 Å². The highest BCUT2D eigenvalue weighted by atomic mass is 79.9. The van der Waals surface area contributed by atoms with E-state index in [0.29, 0.717) is 36.9 Å². The Morgan fingerprint density at radius 3 is 2.40 bits per heavy atom. The van der Waals surface area contributed by atoms with Gasteiger partial charge in [0.1, 0.15) is 0 Å². The zero-order chi connectivity index (χ0) is 28.3. The summed E-state index contributed by atoms with van der Waals surface area (Å²) in [6.45, 7) is 3.61.